The monoisotopic (exact) mass is 132 g/mol. The third-order valence-corrected chi connectivity index (χ3v) is 0.641. The first-order valence-corrected chi connectivity index (χ1v) is 2.34. The average molecular weight is 132 g/mol. The van der Waals surface area contributed by atoms with Crippen molar-refractivity contribution in [2.45, 2.75) is 13.0 Å². The van der Waals surface area contributed by atoms with Crippen molar-refractivity contribution in [1.29, 1.82) is 0 Å². The van der Waals surface area contributed by atoms with Gasteiger partial charge in [0, 0.05) is 0 Å². The second kappa shape index (κ2) is 3.71. The highest BCUT2D eigenvalue weighted by molar-refractivity contribution is 5.72. The summed E-state index contributed by atoms with van der Waals surface area (Å²) in [4.78, 5) is 9.83. The molecule has 0 bridgehead atoms. The molecule has 5 heteroatoms. The predicted molar refractivity (Wildman–Crippen MR) is 30.9 cm³/mol. The quantitative estimate of drug-likeness (QED) is 0.283. The van der Waals surface area contributed by atoms with Crippen LogP contribution < -0.4 is 5.32 Å². The number of hydrogen-bond acceptors (Lipinski definition) is 3. The standard InChI is InChI=1S/C4H8N2O3/c1-3(2-5-9)6-4(7)8/h2-3,6,9H,1H3,(H,7,8). The fourth-order valence-electron chi connectivity index (χ4n) is 0.332. The SMILES string of the molecule is CC(C=NO)NC(=O)O. The fraction of sp³-hybridized carbons (Fsp3) is 0.500. The summed E-state index contributed by atoms with van der Waals surface area (Å²) in [6.45, 7) is 1.55. The molecule has 0 spiro atoms. The van der Waals surface area contributed by atoms with Crippen LogP contribution in [-0.4, -0.2) is 28.7 Å². The van der Waals surface area contributed by atoms with Crippen molar-refractivity contribution in [1.82, 2.24) is 5.32 Å². The van der Waals surface area contributed by atoms with Crippen LogP contribution in [0.25, 0.3) is 0 Å². The van der Waals surface area contributed by atoms with Gasteiger partial charge in [0.2, 0.25) is 0 Å². The molecule has 0 aliphatic rings. The molecule has 0 aliphatic heterocycles. The van der Waals surface area contributed by atoms with Crippen molar-refractivity contribution in [3.63, 3.8) is 0 Å². The number of nitrogens with zero attached hydrogens (tertiary/aromatic N) is 1. The second-order valence-corrected chi connectivity index (χ2v) is 1.50. The van der Waals surface area contributed by atoms with Gasteiger partial charge < -0.3 is 15.6 Å². The zero-order chi connectivity index (χ0) is 7.28. The summed E-state index contributed by atoms with van der Waals surface area (Å²) in [6, 6.07) is -0.451. The Hall–Kier alpha value is -1.26. The van der Waals surface area contributed by atoms with Gasteiger partial charge >= 0.3 is 6.09 Å². The molecule has 0 aliphatic carbocycles. The van der Waals surface area contributed by atoms with Gasteiger partial charge in [-0.2, -0.15) is 0 Å². The Morgan fingerprint density at radius 2 is 2.44 bits per heavy atom. The van der Waals surface area contributed by atoms with Crippen molar-refractivity contribution in [2.24, 2.45) is 5.16 Å². The number of oxime groups is 1. The van der Waals surface area contributed by atoms with Crippen LogP contribution in [0.15, 0.2) is 5.16 Å². The maximum absolute atomic E-state index is 9.83. The molecule has 0 saturated heterocycles. The van der Waals surface area contributed by atoms with E-state index in [1.807, 2.05) is 0 Å². The van der Waals surface area contributed by atoms with Gasteiger partial charge in [0.25, 0.3) is 0 Å². The van der Waals surface area contributed by atoms with Gasteiger partial charge in [-0.3, -0.25) is 0 Å². The van der Waals surface area contributed by atoms with Gasteiger partial charge in [0.1, 0.15) is 0 Å². The molecule has 0 rings (SSSR count). The molecule has 3 N–H and O–H groups in total. The van der Waals surface area contributed by atoms with E-state index in [9.17, 15) is 4.79 Å². The van der Waals surface area contributed by atoms with Gasteiger partial charge in [-0.05, 0) is 6.92 Å². The van der Waals surface area contributed by atoms with Gasteiger partial charge in [-0.25, -0.2) is 4.79 Å². The summed E-state index contributed by atoms with van der Waals surface area (Å²) in [5.41, 5.74) is 0. The lowest BCUT2D eigenvalue weighted by atomic mass is 10.4. The number of carboxylic acid groups (broad SMARTS) is 1. The molecule has 1 unspecified atom stereocenters. The van der Waals surface area contributed by atoms with Crippen LogP contribution in [0.4, 0.5) is 4.79 Å². The summed E-state index contributed by atoms with van der Waals surface area (Å²) in [5, 5.41) is 20.6. The van der Waals surface area contributed by atoms with Crippen LogP contribution in [0.1, 0.15) is 6.92 Å². The minimum atomic E-state index is -1.14. The molecule has 52 valence electrons. The van der Waals surface area contributed by atoms with Crippen LogP contribution in [0.3, 0.4) is 0 Å². The zero-order valence-electron chi connectivity index (χ0n) is 4.90. The van der Waals surface area contributed by atoms with Crippen LogP contribution >= 0.6 is 0 Å². The van der Waals surface area contributed by atoms with Crippen molar-refractivity contribution < 1.29 is 15.1 Å². The molecule has 0 aromatic carbocycles. The van der Waals surface area contributed by atoms with E-state index in [1.54, 1.807) is 6.92 Å². The van der Waals surface area contributed by atoms with E-state index in [0.717, 1.165) is 6.21 Å². The number of rotatable bonds is 2. The summed E-state index contributed by atoms with van der Waals surface area (Å²) in [7, 11) is 0. The van der Waals surface area contributed by atoms with Gasteiger partial charge in [0.05, 0.1) is 12.3 Å². The van der Waals surface area contributed by atoms with E-state index >= 15 is 0 Å². The molecular formula is C4H8N2O3. The Morgan fingerprint density at radius 3 is 2.78 bits per heavy atom. The summed E-state index contributed by atoms with van der Waals surface area (Å²) >= 11 is 0. The third kappa shape index (κ3) is 4.60. The topological polar surface area (TPSA) is 81.9 Å². The van der Waals surface area contributed by atoms with E-state index in [-0.39, 0.29) is 0 Å². The molecule has 1 atom stereocenters. The summed E-state index contributed by atoms with van der Waals surface area (Å²) in [6.07, 6.45) is -0.0592. The highest BCUT2D eigenvalue weighted by Crippen LogP contribution is 1.73. The van der Waals surface area contributed by atoms with Crippen molar-refractivity contribution in [3.05, 3.63) is 0 Å². The lowest BCUT2D eigenvalue weighted by Gasteiger charge is -2.01. The van der Waals surface area contributed by atoms with Crippen LogP contribution in [0.2, 0.25) is 0 Å². The Kier molecular flexibility index (Phi) is 3.19. The van der Waals surface area contributed by atoms with E-state index in [1.165, 1.54) is 0 Å². The van der Waals surface area contributed by atoms with Crippen LogP contribution in [0, 0.1) is 0 Å². The van der Waals surface area contributed by atoms with Gasteiger partial charge in [-0.1, -0.05) is 5.16 Å². The normalized spacial score (nSPS) is 13.4. The van der Waals surface area contributed by atoms with Crippen molar-refractivity contribution in [3.8, 4) is 0 Å². The highest BCUT2D eigenvalue weighted by atomic mass is 16.4. The number of carbonyl (C=O) groups is 1. The van der Waals surface area contributed by atoms with Crippen LogP contribution in [0.5, 0.6) is 0 Å². The van der Waals surface area contributed by atoms with E-state index in [0.29, 0.717) is 0 Å². The lowest BCUT2D eigenvalue weighted by molar-refractivity contribution is 0.193. The molecule has 5 nitrogen and oxygen atoms in total. The lowest BCUT2D eigenvalue weighted by Crippen LogP contribution is -2.31. The molecule has 0 saturated carbocycles. The molecule has 9 heavy (non-hydrogen) atoms. The maximum atomic E-state index is 9.83. The molecule has 0 aromatic heterocycles. The first-order chi connectivity index (χ1) is 4.16. The van der Waals surface area contributed by atoms with E-state index in [2.05, 4.69) is 10.5 Å². The minimum absolute atomic E-state index is 0.451. The van der Waals surface area contributed by atoms with Crippen molar-refractivity contribution in [2.75, 3.05) is 0 Å². The Labute approximate surface area is 52.0 Å². The number of hydrogen-bond donors (Lipinski definition) is 3. The second-order valence-electron chi connectivity index (χ2n) is 1.50. The molecule has 0 fully saturated rings. The highest BCUT2D eigenvalue weighted by Gasteiger charge is 1.99. The number of amides is 1. The molecule has 1 amide bonds. The zero-order valence-corrected chi connectivity index (χ0v) is 4.90. The maximum Gasteiger partial charge on any atom is 0.405 e. The number of nitrogens with one attached hydrogen (secondary N) is 1. The Morgan fingerprint density at radius 1 is 1.89 bits per heavy atom. The fourth-order valence-corrected chi connectivity index (χ4v) is 0.332. The molecular weight excluding hydrogens is 124 g/mol. The first-order valence-electron chi connectivity index (χ1n) is 2.34. The molecule has 0 aromatic rings. The third-order valence-electron chi connectivity index (χ3n) is 0.641. The summed E-state index contributed by atoms with van der Waals surface area (Å²) in [5.74, 6) is 0. The van der Waals surface area contributed by atoms with Crippen LogP contribution in [-0.2, 0) is 0 Å². The average Bonchev–Trinajstić information content (AvgIpc) is 1.63. The largest absolute Gasteiger partial charge is 0.465 e. The predicted octanol–water partition coefficient (Wildman–Crippen LogP) is 0.103. The molecule has 0 radical (unpaired) electrons. The minimum Gasteiger partial charge on any atom is -0.465 e. The van der Waals surface area contributed by atoms with E-state index in [4.69, 9.17) is 10.3 Å². The van der Waals surface area contributed by atoms with Gasteiger partial charge in [-0.15, -0.1) is 0 Å². The van der Waals surface area contributed by atoms with E-state index < -0.39 is 12.1 Å². The van der Waals surface area contributed by atoms with Crippen molar-refractivity contribution >= 4 is 12.3 Å². The molecule has 0 heterocycles. The summed E-state index contributed by atoms with van der Waals surface area (Å²) < 4.78 is 0. The van der Waals surface area contributed by atoms with Gasteiger partial charge in [0.15, 0.2) is 0 Å². The Bertz CT molecular complexity index is 123. The first kappa shape index (κ1) is 7.74. The smallest absolute Gasteiger partial charge is 0.405 e. The Balaban J connectivity index is 3.50.